The second kappa shape index (κ2) is 7.40. The molecule has 0 unspecified atom stereocenters. The molecule has 2 saturated carbocycles. The Hall–Kier alpha value is -1.49. The lowest BCUT2D eigenvalue weighted by Gasteiger charge is -2.39. The number of para-hydroxylation sites is 2. The monoisotopic (exact) mass is 359 g/mol. The normalized spacial score (nSPS) is 28.3. The molecular formula is C20H29N3OS. The number of nitrogens with zero attached hydrogens (tertiary/aromatic N) is 2. The molecule has 3 aliphatic rings. The number of benzene rings is 1. The molecule has 136 valence electrons. The topological polar surface area (TPSA) is 27.7 Å². The summed E-state index contributed by atoms with van der Waals surface area (Å²) in [6.07, 6.45) is 5.58. The minimum atomic E-state index is 0.628. The highest BCUT2D eigenvalue weighted by Crippen LogP contribution is 2.44. The molecule has 4 rings (SSSR count). The lowest BCUT2D eigenvalue weighted by molar-refractivity contribution is 0.331. The molecule has 5 heteroatoms. The van der Waals surface area contributed by atoms with Crippen LogP contribution in [0.5, 0.6) is 5.75 Å². The summed E-state index contributed by atoms with van der Waals surface area (Å²) in [5, 5.41) is 4.65. The van der Waals surface area contributed by atoms with Crippen molar-refractivity contribution in [2.45, 2.75) is 38.6 Å². The van der Waals surface area contributed by atoms with Crippen molar-refractivity contribution >= 4 is 23.0 Å². The van der Waals surface area contributed by atoms with Crippen molar-refractivity contribution in [3.05, 3.63) is 24.3 Å². The minimum Gasteiger partial charge on any atom is -0.492 e. The number of hydrogen-bond acceptors (Lipinski definition) is 3. The Balaban J connectivity index is 1.31. The number of rotatable bonds is 4. The number of nitrogens with one attached hydrogen (secondary N) is 1. The van der Waals surface area contributed by atoms with Crippen LogP contribution in [-0.2, 0) is 0 Å². The molecule has 1 aliphatic heterocycles. The summed E-state index contributed by atoms with van der Waals surface area (Å²) >= 11 is 5.72. The van der Waals surface area contributed by atoms with Crippen LogP contribution in [0.15, 0.2) is 24.3 Å². The van der Waals surface area contributed by atoms with Crippen LogP contribution in [0.4, 0.5) is 5.69 Å². The number of piperazine rings is 1. The fourth-order valence-electron chi connectivity index (χ4n) is 4.82. The van der Waals surface area contributed by atoms with Gasteiger partial charge in [-0.15, -0.1) is 0 Å². The van der Waals surface area contributed by atoms with E-state index >= 15 is 0 Å². The highest BCUT2D eigenvalue weighted by Gasteiger charge is 2.40. The Morgan fingerprint density at radius 2 is 1.96 bits per heavy atom. The molecule has 0 spiro atoms. The van der Waals surface area contributed by atoms with Crippen LogP contribution in [0.2, 0.25) is 0 Å². The fourth-order valence-corrected chi connectivity index (χ4v) is 5.15. The summed E-state index contributed by atoms with van der Waals surface area (Å²) in [7, 11) is 0. The number of ether oxygens (including phenoxy) is 1. The van der Waals surface area contributed by atoms with Crippen LogP contribution in [-0.4, -0.2) is 48.8 Å². The van der Waals surface area contributed by atoms with Gasteiger partial charge in [0.1, 0.15) is 5.75 Å². The fraction of sp³-hybridized carbons (Fsp3) is 0.650. The molecule has 1 aromatic carbocycles. The van der Waals surface area contributed by atoms with Gasteiger partial charge in [-0.1, -0.05) is 18.6 Å². The van der Waals surface area contributed by atoms with Crippen molar-refractivity contribution < 1.29 is 4.74 Å². The zero-order chi connectivity index (χ0) is 17.2. The Morgan fingerprint density at radius 3 is 2.64 bits per heavy atom. The van der Waals surface area contributed by atoms with Gasteiger partial charge in [-0.05, 0) is 62.4 Å². The Kier molecular flexibility index (Phi) is 5.02. The third kappa shape index (κ3) is 3.57. The number of anilines is 1. The van der Waals surface area contributed by atoms with Crippen LogP contribution in [0, 0.1) is 11.8 Å². The molecule has 3 fully saturated rings. The number of thiocarbonyl (C=S) groups is 1. The van der Waals surface area contributed by atoms with E-state index in [-0.39, 0.29) is 0 Å². The maximum absolute atomic E-state index is 5.79. The van der Waals surface area contributed by atoms with E-state index in [1.165, 1.54) is 31.4 Å². The number of fused-ring (bicyclic) bond motifs is 2. The van der Waals surface area contributed by atoms with Gasteiger partial charge < -0.3 is 19.9 Å². The summed E-state index contributed by atoms with van der Waals surface area (Å²) in [6.45, 7) is 6.68. The quantitative estimate of drug-likeness (QED) is 0.833. The van der Waals surface area contributed by atoms with Gasteiger partial charge >= 0.3 is 0 Å². The maximum atomic E-state index is 5.79. The van der Waals surface area contributed by atoms with Crippen molar-refractivity contribution in [2.75, 3.05) is 37.7 Å². The first-order valence-corrected chi connectivity index (χ1v) is 10.2. The predicted octanol–water partition coefficient (Wildman–Crippen LogP) is 3.27. The molecule has 25 heavy (non-hydrogen) atoms. The van der Waals surface area contributed by atoms with Crippen molar-refractivity contribution in [2.24, 2.45) is 11.8 Å². The summed E-state index contributed by atoms with van der Waals surface area (Å²) in [5.41, 5.74) is 1.20. The average molecular weight is 360 g/mol. The van der Waals surface area contributed by atoms with E-state index in [9.17, 15) is 0 Å². The van der Waals surface area contributed by atoms with Crippen LogP contribution < -0.4 is 15.0 Å². The van der Waals surface area contributed by atoms with Crippen LogP contribution in [0.1, 0.15) is 32.6 Å². The van der Waals surface area contributed by atoms with Gasteiger partial charge in [0.25, 0.3) is 0 Å². The molecule has 2 aliphatic carbocycles. The average Bonchev–Trinajstić information content (AvgIpc) is 3.26. The molecule has 0 aromatic heterocycles. The second-order valence-corrected chi connectivity index (χ2v) is 7.99. The largest absolute Gasteiger partial charge is 0.492 e. The zero-order valence-electron chi connectivity index (χ0n) is 15.1. The van der Waals surface area contributed by atoms with E-state index in [2.05, 4.69) is 33.3 Å². The molecule has 1 aromatic rings. The summed E-state index contributed by atoms with van der Waals surface area (Å²) in [5.74, 6) is 2.81. The van der Waals surface area contributed by atoms with E-state index in [0.717, 1.165) is 48.9 Å². The summed E-state index contributed by atoms with van der Waals surface area (Å²) in [6, 6.07) is 8.98. The Bertz CT molecular complexity index is 615. The molecule has 2 bridgehead atoms. The highest BCUT2D eigenvalue weighted by atomic mass is 32.1. The van der Waals surface area contributed by atoms with E-state index in [4.69, 9.17) is 17.0 Å². The summed E-state index contributed by atoms with van der Waals surface area (Å²) in [4.78, 5) is 4.77. The number of hydrogen-bond donors (Lipinski definition) is 1. The van der Waals surface area contributed by atoms with Gasteiger partial charge in [-0.2, -0.15) is 0 Å². The van der Waals surface area contributed by atoms with E-state index in [1.54, 1.807) is 0 Å². The molecule has 3 atom stereocenters. The van der Waals surface area contributed by atoms with Gasteiger partial charge in [0.05, 0.1) is 12.3 Å². The molecule has 0 amide bonds. The second-order valence-electron chi connectivity index (χ2n) is 7.61. The third-order valence-corrected chi connectivity index (χ3v) is 6.50. The first kappa shape index (κ1) is 17.0. The first-order chi connectivity index (χ1) is 12.2. The molecular weight excluding hydrogens is 330 g/mol. The van der Waals surface area contributed by atoms with E-state index in [0.29, 0.717) is 12.6 Å². The third-order valence-electron chi connectivity index (χ3n) is 6.12. The Labute approximate surface area is 156 Å². The van der Waals surface area contributed by atoms with Gasteiger partial charge in [0, 0.05) is 32.2 Å². The van der Waals surface area contributed by atoms with Gasteiger partial charge in [-0.25, -0.2) is 0 Å². The molecule has 0 radical (unpaired) electrons. The van der Waals surface area contributed by atoms with E-state index in [1.807, 2.05) is 13.0 Å². The molecule has 1 N–H and O–H groups in total. The van der Waals surface area contributed by atoms with Crippen molar-refractivity contribution in [1.29, 1.82) is 0 Å². The minimum absolute atomic E-state index is 0.628. The van der Waals surface area contributed by atoms with Crippen LogP contribution in [0.25, 0.3) is 0 Å². The highest BCUT2D eigenvalue weighted by molar-refractivity contribution is 7.80. The lowest BCUT2D eigenvalue weighted by atomic mass is 9.95. The lowest BCUT2D eigenvalue weighted by Crippen LogP contribution is -2.54. The van der Waals surface area contributed by atoms with Crippen molar-refractivity contribution in [1.82, 2.24) is 10.2 Å². The summed E-state index contributed by atoms with van der Waals surface area (Å²) < 4.78 is 5.79. The molecule has 4 nitrogen and oxygen atoms in total. The Morgan fingerprint density at radius 1 is 1.16 bits per heavy atom. The van der Waals surface area contributed by atoms with E-state index < -0.39 is 0 Å². The van der Waals surface area contributed by atoms with Gasteiger partial charge in [0.2, 0.25) is 0 Å². The van der Waals surface area contributed by atoms with Gasteiger partial charge in [-0.3, -0.25) is 0 Å². The molecule has 1 heterocycles. The SMILES string of the molecule is CCOc1ccccc1N1CCN(C(=S)N[C@H]2C[C@H]3CC[C@H]2C3)CC1. The first-order valence-electron chi connectivity index (χ1n) is 9.77. The van der Waals surface area contributed by atoms with Crippen molar-refractivity contribution in [3.8, 4) is 5.75 Å². The van der Waals surface area contributed by atoms with Crippen LogP contribution >= 0.6 is 12.2 Å². The zero-order valence-corrected chi connectivity index (χ0v) is 15.9. The smallest absolute Gasteiger partial charge is 0.169 e. The standard InChI is InChI=1S/C20H29N3OS/c1-2-24-19-6-4-3-5-18(19)22-9-11-23(12-10-22)20(25)21-17-14-15-7-8-16(17)13-15/h3-6,15-17H,2,7-14H2,1H3,(H,21,25)/t15-,16-,17-/m0/s1. The maximum Gasteiger partial charge on any atom is 0.169 e. The van der Waals surface area contributed by atoms with Crippen LogP contribution in [0.3, 0.4) is 0 Å². The predicted molar refractivity (Wildman–Crippen MR) is 106 cm³/mol. The van der Waals surface area contributed by atoms with Gasteiger partial charge in [0.15, 0.2) is 5.11 Å². The van der Waals surface area contributed by atoms with Crippen molar-refractivity contribution in [3.63, 3.8) is 0 Å². The molecule has 1 saturated heterocycles.